The maximum atomic E-state index is 11.7. The molecule has 0 radical (unpaired) electrons. The monoisotopic (exact) mass is 273 g/mol. The van der Waals surface area contributed by atoms with Crippen molar-refractivity contribution >= 4 is 23.2 Å². The van der Waals surface area contributed by atoms with Gasteiger partial charge in [-0.1, -0.05) is 11.6 Å². The highest BCUT2D eigenvalue weighted by Crippen LogP contribution is 2.15. The molecular weight excluding hydrogens is 258 g/mol. The van der Waals surface area contributed by atoms with Gasteiger partial charge in [-0.25, -0.2) is 4.98 Å². The van der Waals surface area contributed by atoms with Crippen LogP contribution in [0.4, 0.5) is 5.69 Å². The molecule has 100 valence electrons. The number of hydrogen-bond donors (Lipinski definition) is 3. The Bertz CT molecular complexity index is 401. The first kappa shape index (κ1) is 14.7. The quantitative estimate of drug-likeness (QED) is 0.495. The summed E-state index contributed by atoms with van der Waals surface area (Å²) in [5.74, 6) is -0.318. The number of anilines is 1. The molecule has 6 nitrogen and oxygen atoms in total. The molecule has 0 aliphatic rings. The summed E-state index contributed by atoms with van der Waals surface area (Å²) in [5.41, 5.74) is 6.17. The molecule has 0 spiro atoms. The number of hydrogen-bond acceptors (Lipinski definition) is 5. The van der Waals surface area contributed by atoms with Crippen molar-refractivity contribution in [3.63, 3.8) is 0 Å². The van der Waals surface area contributed by atoms with Crippen molar-refractivity contribution in [2.45, 2.75) is 6.42 Å². The third-order valence-electron chi connectivity index (χ3n) is 2.09. The van der Waals surface area contributed by atoms with Gasteiger partial charge in [0, 0.05) is 13.2 Å². The lowest BCUT2D eigenvalue weighted by atomic mass is 10.2. The molecule has 1 rings (SSSR count). The predicted octanol–water partition coefficient (Wildman–Crippen LogP) is 0.446. The Morgan fingerprint density at radius 2 is 2.33 bits per heavy atom. The zero-order valence-corrected chi connectivity index (χ0v) is 10.6. The van der Waals surface area contributed by atoms with Gasteiger partial charge < -0.3 is 20.9 Å². The zero-order valence-electron chi connectivity index (χ0n) is 9.86. The lowest BCUT2D eigenvalue weighted by Crippen LogP contribution is -2.26. The number of aliphatic hydroxyl groups excluding tert-OH is 1. The van der Waals surface area contributed by atoms with E-state index in [0.717, 1.165) is 0 Å². The number of nitrogens with one attached hydrogen (secondary N) is 1. The number of aliphatic hydroxyl groups is 1. The minimum atomic E-state index is -0.318. The minimum Gasteiger partial charge on any atom is -0.397 e. The molecule has 1 heterocycles. The smallest absolute Gasteiger partial charge is 0.254 e. The van der Waals surface area contributed by atoms with Crippen molar-refractivity contribution < 1.29 is 14.6 Å². The van der Waals surface area contributed by atoms with E-state index in [1.54, 1.807) is 0 Å². The van der Waals surface area contributed by atoms with Crippen molar-refractivity contribution in [1.29, 1.82) is 0 Å². The number of pyridine rings is 1. The van der Waals surface area contributed by atoms with E-state index in [1.165, 1.54) is 12.3 Å². The zero-order chi connectivity index (χ0) is 13.4. The van der Waals surface area contributed by atoms with E-state index in [0.29, 0.717) is 31.9 Å². The molecule has 4 N–H and O–H groups in total. The van der Waals surface area contributed by atoms with Crippen LogP contribution >= 0.6 is 11.6 Å². The molecule has 0 unspecified atom stereocenters. The maximum Gasteiger partial charge on any atom is 0.254 e. The van der Waals surface area contributed by atoms with Crippen LogP contribution in [0.25, 0.3) is 0 Å². The van der Waals surface area contributed by atoms with Crippen LogP contribution in [0.3, 0.4) is 0 Å². The van der Waals surface area contributed by atoms with Gasteiger partial charge in [0.05, 0.1) is 30.7 Å². The Kier molecular flexibility index (Phi) is 6.42. The molecule has 0 fully saturated rings. The SMILES string of the molecule is Nc1cnc(Cl)c(C(=O)NCCCOCCO)c1. The molecular formula is C11H16ClN3O3. The van der Waals surface area contributed by atoms with Crippen LogP contribution in [0, 0.1) is 0 Å². The molecule has 0 aromatic carbocycles. The predicted molar refractivity (Wildman–Crippen MR) is 68.5 cm³/mol. The lowest BCUT2D eigenvalue weighted by molar-refractivity contribution is 0.0867. The molecule has 7 heteroatoms. The number of nitrogens with two attached hydrogens (primary N) is 1. The molecule has 0 aliphatic heterocycles. The highest BCUT2D eigenvalue weighted by Gasteiger charge is 2.11. The van der Waals surface area contributed by atoms with Gasteiger partial charge in [-0.3, -0.25) is 4.79 Å². The fourth-order valence-corrected chi connectivity index (χ4v) is 1.45. The lowest BCUT2D eigenvalue weighted by Gasteiger charge is -2.07. The van der Waals surface area contributed by atoms with Crippen LogP contribution in [0.2, 0.25) is 5.15 Å². The third kappa shape index (κ3) is 4.87. The fraction of sp³-hybridized carbons (Fsp3) is 0.455. The van der Waals surface area contributed by atoms with Crippen LogP contribution in [-0.2, 0) is 4.74 Å². The van der Waals surface area contributed by atoms with E-state index in [4.69, 9.17) is 27.2 Å². The number of rotatable bonds is 7. The van der Waals surface area contributed by atoms with E-state index in [2.05, 4.69) is 10.3 Å². The van der Waals surface area contributed by atoms with Crippen molar-refractivity contribution in [2.24, 2.45) is 0 Å². The Morgan fingerprint density at radius 1 is 1.56 bits per heavy atom. The second kappa shape index (κ2) is 7.86. The number of carbonyl (C=O) groups excluding carboxylic acids is 1. The van der Waals surface area contributed by atoms with Gasteiger partial charge in [0.1, 0.15) is 5.15 Å². The average molecular weight is 274 g/mol. The van der Waals surface area contributed by atoms with Gasteiger partial charge >= 0.3 is 0 Å². The van der Waals surface area contributed by atoms with Gasteiger partial charge in [-0.2, -0.15) is 0 Å². The van der Waals surface area contributed by atoms with E-state index >= 15 is 0 Å². The first-order chi connectivity index (χ1) is 8.65. The third-order valence-corrected chi connectivity index (χ3v) is 2.39. The molecule has 18 heavy (non-hydrogen) atoms. The van der Waals surface area contributed by atoms with E-state index in [-0.39, 0.29) is 23.2 Å². The highest BCUT2D eigenvalue weighted by atomic mass is 35.5. The van der Waals surface area contributed by atoms with Gasteiger partial charge in [-0.05, 0) is 12.5 Å². The number of nitrogen functional groups attached to an aromatic ring is 1. The normalized spacial score (nSPS) is 10.3. The fourth-order valence-electron chi connectivity index (χ4n) is 1.26. The molecule has 1 amide bonds. The topological polar surface area (TPSA) is 97.5 Å². The summed E-state index contributed by atoms with van der Waals surface area (Å²) in [5, 5.41) is 11.3. The minimum absolute atomic E-state index is 0.00305. The first-order valence-corrected chi connectivity index (χ1v) is 5.90. The second-order valence-corrected chi connectivity index (χ2v) is 3.91. The Labute approximate surface area is 110 Å². The van der Waals surface area contributed by atoms with Crippen LogP contribution in [0.15, 0.2) is 12.3 Å². The number of ether oxygens (including phenoxy) is 1. The van der Waals surface area contributed by atoms with Crippen LogP contribution in [0.1, 0.15) is 16.8 Å². The summed E-state index contributed by atoms with van der Waals surface area (Å²) in [6, 6.07) is 1.48. The Hall–Kier alpha value is -1.37. The van der Waals surface area contributed by atoms with E-state index in [1.807, 2.05) is 0 Å². The van der Waals surface area contributed by atoms with Crippen molar-refractivity contribution in [1.82, 2.24) is 10.3 Å². The summed E-state index contributed by atoms with van der Waals surface area (Å²) in [6.07, 6.45) is 2.04. The van der Waals surface area contributed by atoms with E-state index < -0.39 is 0 Å². The molecule has 0 aliphatic carbocycles. The summed E-state index contributed by atoms with van der Waals surface area (Å²) in [6.45, 7) is 1.23. The van der Waals surface area contributed by atoms with Crippen LogP contribution < -0.4 is 11.1 Å². The number of nitrogens with zero attached hydrogens (tertiary/aromatic N) is 1. The molecule has 1 aromatic rings. The van der Waals surface area contributed by atoms with Gasteiger partial charge in [0.25, 0.3) is 5.91 Å². The standard InChI is InChI=1S/C11H16ClN3O3/c12-10-9(6-8(13)7-15-10)11(17)14-2-1-4-18-5-3-16/h6-7,16H,1-5,13H2,(H,14,17). The van der Waals surface area contributed by atoms with Crippen molar-refractivity contribution in [3.05, 3.63) is 23.0 Å². The van der Waals surface area contributed by atoms with Gasteiger partial charge in [-0.15, -0.1) is 0 Å². The maximum absolute atomic E-state index is 11.7. The largest absolute Gasteiger partial charge is 0.397 e. The summed E-state index contributed by atoms with van der Waals surface area (Å²) < 4.78 is 5.05. The molecule has 0 atom stereocenters. The highest BCUT2D eigenvalue weighted by molar-refractivity contribution is 6.32. The number of aromatic nitrogens is 1. The van der Waals surface area contributed by atoms with Crippen LogP contribution in [-0.4, -0.2) is 42.4 Å². The summed E-state index contributed by atoms with van der Waals surface area (Å²) in [4.78, 5) is 15.5. The molecule has 1 aromatic heterocycles. The van der Waals surface area contributed by atoms with Crippen molar-refractivity contribution in [2.75, 3.05) is 32.1 Å². The summed E-state index contributed by atoms with van der Waals surface area (Å²) >= 11 is 5.79. The molecule has 0 bridgehead atoms. The average Bonchev–Trinajstić information content (AvgIpc) is 2.36. The van der Waals surface area contributed by atoms with Gasteiger partial charge in [0.15, 0.2) is 0 Å². The second-order valence-electron chi connectivity index (χ2n) is 3.55. The van der Waals surface area contributed by atoms with E-state index in [9.17, 15) is 4.79 Å². The number of amides is 1. The molecule has 0 saturated carbocycles. The Morgan fingerprint density at radius 3 is 3.06 bits per heavy atom. The van der Waals surface area contributed by atoms with Crippen LogP contribution in [0.5, 0.6) is 0 Å². The Balaban J connectivity index is 2.34. The number of carbonyl (C=O) groups is 1. The molecule has 0 saturated heterocycles. The van der Waals surface area contributed by atoms with Gasteiger partial charge in [0.2, 0.25) is 0 Å². The first-order valence-electron chi connectivity index (χ1n) is 5.53. The number of halogens is 1. The van der Waals surface area contributed by atoms with Crippen molar-refractivity contribution in [3.8, 4) is 0 Å². The summed E-state index contributed by atoms with van der Waals surface area (Å²) in [7, 11) is 0.